The van der Waals surface area contributed by atoms with E-state index < -0.39 is 0 Å². The van der Waals surface area contributed by atoms with Gasteiger partial charge >= 0.3 is 0 Å². The molecule has 0 fully saturated rings. The van der Waals surface area contributed by atoms with E-state index in [1.807, 2.05) is 0 Å². The van der Waals surface area contributed by atoms with E-state index in [0.29, 0.717) is 11.3 Å². The van der Waals surface area contributed by atoms with E-state index in [1.54, 1.807) is 54.6 Å². The van der Waals surface area contributed by atoms with Gasteiger partial charge in [0.15, 0.2) is 12.4 Å². The molecular weight excluding hydrogens is 294 g/mol. The zero-order valence-corrected chi connectivity index (χ0v) is 12.7. The molecule has 0 aliphatic rings. The number of benzene rings is 2. The number of hydrogen-bond donors (Lipinski definition) is 2. The number of carbonyl (C=O) groups is 2. The summed E-state index contributed by atoms with van der Waals surface area (Å²) in [5.74, 6) is 0.282. The molecule has 118 valence electrons. The van der Waals surface area contributed by atoms with Crippen molar-refractivity contribution in [2.45, 2.75) is 0 Å². The van der Waals surface area contributed by atoms with Gasteiger partial charge in [-0.3, -0.25) is 9.59 Å². The van der Waals surface area contributed by atoms with Gasteiger partial charge in [-0.15, -0.1) is 0 Å². The second-order valence-electron chi connectivity index (χ2n) is 4.78. The maximum atomic E-state index is 12.1. The Labute approximate surface area is 134 Å². The predicted molar refractivity (Wildman–Crippen MR) is 87.5 cm³/mol. The molecule has 5 nitrogen and oxygen atoms in total. The fourth-order valence-electron chi connectivity index (χ4n) is 1.83. The molecule has 0 saturated heterocycles. The highest BCUT2D eigenvalue weighted by Gasteiger charge is 2.04. The summed E-state index contributed by atoms with van der Waals surface area (Å²) in [6, 6.07) is 13.2. The van der Waals surface area contributed by atoms with Crippen molar-refractivity contribution in [3.63, 3.8) is 0 Å². The van der Waals surface area contributed by atoms with Crippen LogP contribution in [0, 0.1) is 0 Å². The van der Waals surface area contributed by atoms with Crippen molar-refractivity contribution in [2.75, 3.05) is 13.7 Å². The lowest BCUT2D eigenvalue weighted by molar-refractivity contribution is -0.122. The fraction of sp³-hybridized carbons (Fsp3) is 0.111. The highest BCUT2D eigenvalue weighted by molar-refractivity contribution is 6.06. The van der Waals surface area contributed by atoms with Gasteiger partial charge in [0.2, 0.25) is 0 Å². The summed E-state index contributed by atoms with van der Waals surface area (Å²) >= 11 is 0. The maximum absolute atomic E-state index is 12.1. The monoisotopic (exact) mass is 311 g/mol. The molecule has 0 spiro atoms. The third kappa shape index (κ3) is 5.00. The summed E-state index contributed by atoms with van der Waals surface area (Å²) in [6.07, 6.45) is 3.08. The molecule has 0 aliphatic heterocycles. The molecule has 2 rings (SSSR count). The second-order valence-corrected chi connectivity index (χ2v) is 4.78. The van der Waals surface area contributed by atoms with Crippen LogP contribution in [-0.2, 0) is 4.79 Å². The van der Waals surface area contributed by atoms with Crippen molar-refractivity contribution in [3.8, 4) is 11.5 Å². The summed E-state index contributed by atoms with van der Waals surface area (Å²) in [5, 5.41) is 11.8. The van der Waals surface area contributed by atoms with E-state index >= 15 is 0 Å². The van der Waals surface area contributed by atoms with Gasteiger partial charge in [-0.25, -0.2) is 0 Å². The maximum Gasteiger partial charge on any atom is 0.257 e. The largest absolute Gasteiger partial charge is 0.508 e. The second kappa shape index (κ2) is 7.79. The van der Waals surface area contributed by atoms with Crippen LogP contribution in [0.5, 0.6) is 11.5 Å². The van der Waals surface area contributed by atoms with Crippen LogP contribution in [0.25, 0.3) is 6.08 Å². The quantitative estimate of drug-likeness (QED) is 0.634. The van der Waals surface area contributed by atoms with Crippen LogP contribution in [0.1, 0.15) is 15.9 Å². The number of carbonyl (C=O) groups excluding carboxylic acids is 2. The molecule has 0 aliphatic carbocycles. The van der Waals surface area contributed by atoms with Crippen LogP contribution in [-0.4, -0.2) is 30.5 Å². The highest BCUT2D eigenvalue weighted by atomic mass is 16.5. The standard InChI is InChI=1S/C18H17NO4/c1-19-18(22)12-23-16-8-6-14(7-9-16)17(21)10-5-13-3-2-4-15(20)11-13/h2-11,20H,12H2,1H3,(H,19,22)/b10-5+. The average Bonchev–Trinajstić information content (AvgIpc) is 2.58. The van der Waals surface area contributed by atoms with Gasteiger partial charge in [0.05, 0.1) is 0 Å². The van der Waals surface area contributed by atoms with E-state index in [4.69, 9.17) is 4.74 Å². The molecular formula is C18H17NO4. The number of ketones is 1. The molecule has 2 N–H and O–H groups in total. The number of amides is 1. The third-order valence-corrected chi connectivity index (χ3v) is 3.08. The zero-order chi connectivity index (χ0) is 16.7. The summed E-state index contributed by atoms with van der Waals surface area (Å²) in [5.41, 5.74) is 1.25. The molecule has 1 amide bonds. The molecule has 23 heavy (non-hydrogen) atoms. The van der Waals surface area contributed by atoms with Gasteiger partial charge in [-0.2, -0.15) is 0 Å². The zero-order valence-electron chi connectivity index (χ0n) is 12.7. The Morgan fingerprint density at radius 2 is 1.91 bits per heavy atom. The number of aromatic hydroxyl groups is 1. The summed E-state index contributed by atoms with van der Waals surface area (Å²) in [7, 11) is 1.53. The van der Waals surface area contributed by atoms with Crippen LogP contribution in [0.4, 0.5) is 0 Å². The molecule has 0 atom stereocenters. The van der Waals surface area contributed by atoms with Crippen LogP contribution in [0.15, 0.2) is 54.6 Å². The number of rotatable bonds is 6. The van der Waals surface area contributed by atoms with Gasteiger partial charge in [0.25, 0.3) is 5.91 Å². The van der Waals surface area contributed by atoms with Crippen molar-refractivity contribution in [3.05, 3.63) is 65.7 Å². The van der Waals surface area contributed by atoms with Gasteiger partial charge in [-0.1, -0.05) is 18.2 Å². The Hall–Kier alpha value is -3.08. The van der Waals surface area contributed by atoms with Crippen LogP contribution >= 0.6 is 0 Å². The summed E-state index contributed by atoms with van der Waals surface area (Å²) in [6.45, 7) is -0.0683. The first-order valence-corrected chi connectivity index (χ1v) is 7.03. The molecule has 2 aromatic rings. The Balaban J connectivity index is 1.98. The lowest BCUT2D eigenvalue weighted by Crippen LogP contribution is -2.24. The highest BCUT2D eigenvalue weighted by Crippen LogP contribution is 2.15. The average molecular weight is 311 g/mol. The molecule has 0 bridgehead atoms. The molecule has 0 heterocycles. The van der Waals surface area contributed by atoms with E-state index in [9.17, 15) is 14.7 Å². The minimum Gasteiger partial charge on any atom is -0.508 e. The van der Waals surface area contributed by atoms with Gasteiger partial charge in [-0.05, 0) is 48.0 Å². The Kier molecular flexibility index (Phi) is 5.52. The lowest BCUT2D eigenvalue weighted by atomic mass is 10.1. The number of phenolic OH excluding ortho intramolecular Hbond substituents is 1. The number of hydrogen-bond acceptors (Lipinski definition) is 4. The minimum absolute atomic E-state index is 0.0683. The number of ether oxygens (including phenoxy) is 1. The molecule has 0 unspecified atom stereocenters. The fourth-order valence-corrected chi connectivity index (χ4v) is 1.83. The summed E-state index contributed by atoms with van der Waals surface area (Å²) < 4.78 is 5.27. The van der Waals surface area contributed by atoms with Crippen molar-refractivity contribution in [2.24, 2.45) is 0 Å². The Bertz CT molecular complexity index is 720. The molecule has 5 heteroatoms. The van der Waals surface area contributed by atoms with Gasteiger partial charge in [0, 0.05) is 12.6 Å². The molecule has 2 aromatic carbocycles. The van der Waals surface area contributed by atoms with Crippen LogP contribution in [0.2, 0.25) is 0 Å². The SMILES string of the molecule is CNC(=O)COc1ccc(C(=O)/C=C/c2cccc(O)c2)cc1. The van der Waals surface area contributed by atoms with Crippen molar-refractivity contribution < 1.29 is 19.4 Å². The van der Waals surface area contributed by atoms with E-state index in [0.717, 1.165) is 5.56 Å². The first-order chi connectivity index (χ1) is 11.1. The predicted octanol–water partition coefficient (Wildman–Crippen LogP) is 2.41. The minimum atomic E-state index is -0.223. The molecule has 0 saturated carbocycles. The first kappa shape index (κ1) is 16.3. The van der Waals surface area contributed by atoms with Crippen LogP contribution < -0.4 is 10.1 Å². The van der Waals surface area contributed by atoms with E-state index in [-0.39, 0.29) is 24.0 Å². The number of allylic oxidation sites excluding steroid dienone is 1. The van der Waals surface area contributed by atoms with Crippen LogP contribution in [0.3, 0.4) is 0 Å². The van der Waals surface area contributed by atoms with Gasteiger partial charge < -0.3 is 15.2 Å². The molecule has 0 aromatic heterocycles. The lowest BCUT2D eigenvalue weighted by Gasteiger charge is -2.05. The molecule has 0 radical (unpaired) electrons. The summed E-state index contributed by atoms with van der Waals surface area (Å²) in [4.78, 5) is 23.2. The Morgan fingerprint density at radius 1 is 1.17 bits per heavy atom. The van der Waals surface area contributed by atoms with Crippen molar-refractivity contribution >= 4 is 17.8 Å². The third-order valence-electron chi connectivity index (χ3n) is 3.08. The number of nitrogens with one attached hydrogen (secondary N) is 1. The van der Waals surface area contributed by atoms with Crippen molar-refractivity contribution in [1.29, 1.82) is 0 Å². The topological polar surface area (TPSA) is 75.6 Å². The normalized spacial score (nSPS) is 10.5. The number of phenols is 1. The van der Waals surface area contributed by atoms with Gasteiger partial charge in [0.1, 0.15) is 11.5 Å². The van der Waals surface area contributed by atoms with Crippen molar-refractivity contribution in [1.82, 2.24) is 5.32 Å². The first-order valence-electron chi connectivity index (χ1n) is 7.03. The smallest absolute Gasteiger partial charge is 0.257 e. The number of likely N-dealkylation sites (N-methyl/N-ethyl adjacent to an activating group) is 1. The Morgan fingerprint density at radius 3 is 2.57 bits per heavy atom. The van der Waals surface area contributed by atoms with E-state index in [2.05, 4.69) is 5.32 Å². The van der Waals surface area contributed by atoms with E-state index in [1.165, 1.54) is 13.1 Å².